The Morgan fingerprint density at radius 2 is 1.90 bits per heavy atom. The fraction of sp³-hybridized carbons (Fsp3) is 0.300. The maximum absolute atomic E-state index is 14.8. The van der Waals surface area contributed by atoms with Crippen LogP contribution in [0, 0.1) is 24.5 Å². The van der Waals surface area contributed by atoms with Gasteiger partial charge in [0.05, 0.1) is 6.54 Å². The molecule has 0 atom stereocenters. The number of nitrogens with one attached hydrogen (secondary N) is 1. The molecule has 2 heterocycles. The van der Waals surface area contributed by atoms with Crippen LogP contribution in [-0.4, -0.2) is 29.2 Å². The Morgan fingerprint density at radius 1 is 1.26 bits per heavy atom. The number of nitrogens with zero attached hydrogens (tertiary/aromatic N) is 2. The van der Waals surface area contributed by atoms with E-state index in [1.807, 2.05) is 13.8 Å². The predicted octanol–water partition coefficient (Wildman–Crippen LogP) is 4.40. The van der Waals surface area contributed by atoms with Gasteiger partial charge in [-0.3, -0.25) is 0 Å². The maximum atomic E-state index is 14.8. The van der Waals surface area contributed by atoms with E-state index in [1.54, 1.807) is 17.7 Å². The van der Waals surface area contributed by atoms with E-state index in [-0.39, 0.29) is 33.4 Å². The molecule has 1 aromatic carbocycles. The van der Waals surface area contributed by atoms with Crippen molar-refractivity contribution >= 4 is 27.5 Å². The SMILES string of the molecule is Cc1nccn1Cc1c(F)cc(-c2cc(CC(C)C)sc2S(=O)(=O)NC(=O)O)cc1F. The maximum Gasteiger partial charge on any atom is 0.418 e. The van der Waals surface area contributed by atoms with Crippen molar-refractivity contribution in [1.29, 1.82) is 0 Å². The molecule has 2 aromatic heterocycles. The van der Waals surface area contributed by atoms with E-state index in [4.69, 9.17) is 5.11 Å². The number of hydrogen-bond donors (Lipinski definition) is 2. The molecule has 0 saturated carbocycles. The summed E-state index contributed by atoms with van der Waals surface area (Å²) in [6.07, 6.45) is 1.91. The number of benzene rings is 1. The first-order valence-corrected chi connectivity index (χ1v) is 11.6. The van der Waals surface area contributed by atoms with Gasteiger partial charge in [-0.05, 0) is 43.0 Å². The molecule has 7 nitrogen and oxygen atoms in total. The van der Waals surface area contributed by atoms with Crippen molar-refractivity contribution in [3.05, 3.63) is 58.5 Å². The Bertz CT molecular complexity index is 1210. The molecule has 0 fully saturated rings. The average molecular weight is 470 g/mol. The number of amides is 1. The number of rotatable bonds is 7. The number of hydrogen-bond acceptors (Lipinski definition) is 5. The van der Waals surface area contributed by atoms with Gasteiger partial charge in [0, 0.05) is 28.4 Å². The van der Waals surface area contributed by atoms with Crippen LogP contribution in [0.5, 0.6) is 0 Å². The van der Waals surface area contributed by atoms with Crippen molar-refractivity contribution in [3.8, 4) is 11.1 Å². The lowest BCUT2D eigenvalue weighted by molar-refractivity contribution is 0.201. The van der Waals surface area contributed by atoms with Gasteiger partial charge in [0.15, 0.2) is 0 Å². The van der Waals surface area contributed by atoms with Crippen LogP contribution in [0.15, 0.2) is 34.8 Å². The van der Waals surface area contributed by atoms with E-state index in [0.717, 1.165) is 23.5 Å². The highest BCUT2D eigenvalue weighted by molar-refractivity contribution is 7.92. The van der Waals surface area contributed by atoms with Crippen LogP contribution < -0.4 is 4.72 Å². The van der Waals surface area contributed by atoms with Crippen LogP contribution in [0.3, 0.4) is 0 Å². The Kier molecular flexibility index (Phi) is 6.46. The zero-order valence-electron chi connectivity index (χ0n) is 17.0. The summed E-state index contributed by atoms with van der Waals surface area (Å²) in [5, 5.41) is 8.88. The summed E-state index contributed by atoms with van der Waals surface area (Å²) in [5.74, 6) is -0.889. The van der Waals surface area contributed by atoms with Crippen molar-refractivity contribution in [2.45, 2.75) is 37.9 Å². The second kappa shape index (κ2) is 8.75. The van der Waals surface area contributed by atoms with E-state index < -0.39 is 27.8 Å². The quantitative estimate of drug-likeness (QED) is 0.534. The van der Waals surface area contributed by atoms with Gasteiger partial charge in [0.2, 0.25) is 0 Å². The van der Waals surface area contributed by atoms with Gasteiger partial charge in [0.25, 0.3) is 10.0 Å². The van der Waals surface area contributed by atoms with E-state index in [2.05, 4.69) is 4.98 Å². The minimum Gasteiger partial charge on any atom is -0.464 e. The summed E-state index contributed by atoms with van der Waals surface area (Å²) in [7, 11) is -4.42. The lowest BCUT2D eigenvalue weighted by Gasteiger charge is -2.11. The molecule has 0 aliphatic heterocycles. The largest absolute Gasteiger partial charge is 0.464 e. The highest BCUT2D eigenvalue weighted by Crippen LogP contribution is 2.37. The number of halogens is 2. The highest BCUT2D eigenvalue weighted by atomic mass is 32.2. The standard InChI is InChI=1S/C20H21F2N3O4S2/c1-11(2)6-14-9-15(19(30-14)31(28,29)24-20(26)27)13-7-17(21)16(18(22)8-13)10-25-5-4-23-12(25)3/h4-5,7-9,11,24H,6,10H2,1-3H3,(H,26,27). The topological polar surface area (TPSA) is 101 Å². The van der Waals surface area contributed by atoms with E-state index >= 15 is 0 Å². The average Bonchev–Trinajstić information content (AvgIpc) is 3.23. The fourth-order valence-corrected chi connectivity index (χ4v) is 5.93. The van der Waals surface area contributed by atoms with Gasteiger partial charge in [-0.1, -0.05) is 13.8 Å². The van der Waals surface area contributed by atoms with E-state index in [9.17, 15) is 22.0 Å². The molecular formula is C20H21F2N3O4S2. The monoisotopic (exact) mass is 469 g/mol. The molecule has 1 amide bonds. The summed E-state index contributed by atoms with van der Waals surface area (Å²) < 4.78 is 57.5. The molecule has 3 aromatic rings. The van der Waals surface area contributed by atoms with Crippen LogP contribution in [0.4, 0.5) is 13.6 Å². The highest BCUT2D eigenvalue weighted by Gasteiger charge is 2.26. The number of thiophene rings is 1. The van der Waals surface area contributed by atoms with Gasteiger partial charge in [0.1, 0.15) is 21.7 Å². The molecule has 0 radical (unpaired) electrons. The third kappa shape index (κ3) is 5.10. The smallest absolute Gasteiger partial charge is 0.418 e. The minimum atomic E-state index is -4.42. The fourth-order valence-electron chi connectivity index (χ4n) is 3.14. The molecule has 0 aliphatic rings. The predicted molar refractivity (Wildman–Crippen MR) is 113 cm³/mol. The number of carboxylic acid groups (broad SMARTS) is 1. The van der Waals surface area contributed by atoms with Crippen LogP contribution >= 0.6 is 11.3 Å². The summed E-state index contributed by atoms with van der Waals surface area (Å²) in [6.45, 7) is 5.51. The second-order valence-corrected chi connectivity index (χ2v) is 10.5. The van der Waals surface area contributed by atoms with Gasteiger partial charge < -0.3 is 9.67 Å². The number of sulfonamides is 1. The van der Waals surface area contributed by atoms with Crippen LogP contribution in [0.1, 0.15) is 30.1 Å². The zero-order chi connectivity index (χ0) is 22.9. The number of aryl methyl sites for hydroxylation is 1. The van der Waals surface area contributed by atoms with Gasteiger partial charge in [-0.25, -0.2) is 31.7 Å². The summed E-state index contributed by atoms with van der Waals surface area (Å²) in [4.78, 5) is 15.6. The Hall–Kier alpha value is -2.79. The first-order valence-electron chi connectivity index (χ1n) is 9.32. The molecule has 3 rings (SSSR count). The zero-order valence-corrected chi connectivity index (χ0v) is 18.7. The van der Waals surface area contributed by atoms with E-state index in [1.165, 1.54) is 17.0 Å². The molecule has 0 bridgehead atoms. The Balaban J connectivity index is 2.10. The first kappa shape index (κ1) is 22.9. The second-order valence-electron chi connectivity index (χ2n) is 7.44. The molecule has 0 saturated heterocycles. The van der Waals surface area contributed by atoms with Crippen LogP contribution in [0.2, 0.25) is 0 Å². The molecule has 2 N–H and O–H groups in total. The van der Waals surface area contributed by atoms with Gasteiger partial charge in [-0.15, -0.1) is 11.3 Å². The molecular weight excluding hydrogens is 448 g/mol. The minimum absolute atomic E-state index is 0.0122. The summed E-state index contributed by atoms with van der Waals surface area (Å²) >= 11 is 0.882. The molecule has 0 aliphatic carbocycles. The van der Waals surface area contributed by atoms with E-state index in [0.29, 0.717) is 17.1 Å². The van der Waals surface area contributed by atoms with Crippen LogP contribution in [0.25, 0.3) is 11.1 Å². The van der Waals surface area contributed by atoms with Crippen molar-refractivity contribution in [2.24, 2.45) is 5.92 Å². The first-order chi connectivity index (χ1) is 14.5. The summed E-state index contributed by atoms with van der Waals surface area (Å²) in [6, 6.07) is 3.66. The molecule has 11 heteroatoms. The third-order valence-corrected chi connectivity index (χ3v) is 7.54. The normalized spacial score (nSPS) is 11.8. The van der Waals surface area contributed by atoms with Crippen molar-refractivity contribution in [3.63, 3.8) is 0 Å². The Labute approximate surface area is 182 Å². The number of aromatic nitrogens is 2. The molecule has 166 valence electrons. The Morgan fingerprint density at radius 3 is 2.42 bits per heavy atom. The van der Waals surface area contributed by atoms with Crippen molar-refractivity contribution in [1.82, 2.24) is 14.3 Å². The summed E-state index contributed by atoms with van der Waals surface area (Å²) in [5.41, 5.74) is -0.119. The van der Waals surface area contributed by atoms with Crippen molar-refractivity contribution < 1.29 is 27.1 Å². The lowest BCUT2D eigenvalue weighted by atomic mass is 10.0. The van der Waals surface area contributed by atoms with Crippen molar-refractivity contribution in [2.75, 3.05) is 0 Å². The molecule has 0 unspecified atom stereocenters. The third-order valence-electron chi connectivity index (χ3n) is 4.53. The van der Waals surface area contributed by atoms with Gasteiger partial charge in [-0.2, -0.15) is 0 Å². The van der Waals surface area contributed by atoms with Gasteiger partial charge >= 0.3 is 6.09 Å². The molecule has 0 spiro atoms. The number of carbonyl (C=O) groups is 1. The number of imidazole rings is 1. The van der Waals surface area contributed by atoms with Crippen LogP contribution in [-0.2, 0) is 23.0 Å². The lowest BCUT2D eigenvalue weighted by Crippen LogP contribution is -2.28. The molecule has 31 heavy (non-hydrogen) atoms.